The summed E-state index contributed by atoms with van der Waals surface area (Å²) < 4.78 is 5.52. The molecule has 0 spiro atoms. The summed E-state index contributed by atoms with van der Waals surface area (Å²) in [5, 5.41) is 0. The summed E-state index contributed by atoms with van der Waals surface area (Å²) in [6.07, 6.45) is 0. The fraction of sp³-hybridized carbons (Fsp3) is 0.156. The van der Waals surface area contributed by atoms with Gasteiger partial charge in [-0.25, -0.2) is 15.0 Å². The third-order valence-corrected chi connectivity index (χ3v) is 6.65. The highest BCUT2D eigenvalue weighted by atomic mass is 16.5. The fourth-order valence-corrected chi connectivity index (χ4v) is 4.59. The van der Waals surface area contributed by atoms with Gasteiger partial charge in [-0.15, -0.1) is 0 Å². The van der Waals surface area contributed by atoms with E-state index in [4.69, 9.17) is 19.7 Å². The zero-order chi connectivity index (χ0) is 24.9. The summed E-state index contributed by atoms with van der Waals surface area (Å²) in [5.41, 5.74) is 6.68. The molecule has 2 heterocycles. The molecule has 1 fully saturated rings. The molecule has 0 radical (unpaired) electrons. The van der Waals surface area contributed by atoms with Gasteiger partial charge in [0.05, 0.1) is 19.8 Å². The first-order valence-electron chi connectivity index (χ1n) is 12.7. The van der Waals surface area contributed by atoms with Gasteiger partial charge in [0.2, 0.25) is 0 Å². The average Bonchev–Trinajstić information content (AvgIpc) is 2.99. The predicted octanol–water partition coefficient (Wildman–Crippen LogP) is 6.37. The lowest BCUT2D eigenvalue weighted by molar-refractivity contribution is 0.0330. The highest BCUT2D eigenvalue weighted by Gasteiger charge is 2.16. The summed E-state index contributed by atoms with van der Waals surface area (Å²) in [6.45, 7) is 3.93. The highest BCUT2D eigenvalue weighted by molar-refractivity contribution is 5.70. The van der Waals surface area contributed by atoms with Crippen LogP contribution in [0.4, 0.5) is 0 Å². The summed E-state index contributed by atoms with van der Waals surface area (Å²) in [7, 11) is 0. The van der Waals surface area contributed by atoms with Gasteiger partial charge in [-0.3, -0.25) is 4.90 Å². The summed E-state index contributed by atoms with van der Waals surface area (Å²) in [4.78, 5) is 17.0. The van der Waals surface area contributed by atoms with Crippen molar-refractivity contribution in [3.05, 3.63) is 115 Å². The fourth-order valence-electron chi connectivity index (χ4n) is 4.59. The Kier molecular flexibility index (Phi) is 6.80. The van der Waals surface area contributed by atoms with Crippen LogP contribution in [-0.2, 0) is 11.3 Å². The van der Waals surface area contributed by atoms with Gasteiger partial charge in [-0.1, -0.05) is 109 Å². The van der Waals surface area contributed by atoms with Crippen LogP contribution in [0, 0.1) is 0 Å². The molecule has 0 amide bonds. The standard InChI is InChI=1S/C32H28N4O/c1-3-7-24(8-4-1)26-11-15-28(16-12-26)31-33-30(23-36-19-21-37-22-20-36)34-32(35-31)29-17-13-27(14-18-29)25-9-5-2-6-10-25/h1-18H,19-23H2. The van der Waals surface area contributed by atoms with Crippen molar-refractivity contribution in [3.63, 3.8) is 0 Å². The quantitative estimate of drug-likeness (QED) is 0.280. The van der Waals surface area contributed by atoms with Crippen molar-refractivity contribution in [1.29, 1.82) is 0 Å². The van der Waals surface area contributed by atoms with Crippen LogP contribution in [0.25, 0.3) is 45.0 Å². The van der Waals surface area contributed by atoms with Crippen molar-refractivity contribution in [3.8, 4) is 45.0 Å². The van der Waals surface area contributed by atoms with Crippen LogP contribution in [0.15, 0.2) is 109 Å². The molecule has 5 aromatic rings. The van der Waals surface area contributed by atoms with E-state index >= 15 is 0 Å². The second-order valence-corrected chi connectivity index (χ2v) is 9.17. The molecule has 4 aromatic carbocycles. The minimum Gasteiger partial charge on any atom is -0.379 e. The van der Waals surface area contributed by atoms with E-state index in [1.165, 1.54) is 22.3 Å². The molecule has 5 nitrogen and oxygen atoms in total. The van der Waals surface area contributed by atoms with Gasteiger partial charge in [-0.05, 0) is 22.3 Å². The number of morpholine rings is 1. The lowest BCUT2D eigenvalue weighted by Gasteiger charge is -2.25. The van der Waals surface area contributed by atoms with E-state index in [0.29, 0.717) is 18.2 Å². The van der Waals surface area contributed by atoms with E-state index in [1.807, 2.05) is 12.1 Å². The molecule has 0 N–H and O–H groups in total. The minimum atomic E-state index is 0.677. The average molecular weight is 485 g/mol. The van der Waals surface area contributed by atoms with Crippen molar-refractivity contribution in [2.24, 2.45) is 0 Å². The number of hydrogen-bond acceptors (Lipinski definition) is 5. The van der Waals surface area contributed by atoms with E-state index in [-0.39, 0.29) is 0 Å². The molecule has 0 aliphatic carbocycles. The van der Waals surface area contributed by atoms with Crippen LogP contribution in [0.2, 0.25) is 0 Å². The second-order valence-electron chi connectivity index (χ2n) is 9.17. The van der Waals surface area contributed by atoms with Crippen molar-refractivity contribution < 1.29 is 4.74 Å². The first kappa shape index (κ1) is 23.2. The van der Waals surface area contributed by atoms with Gasteiger partial charge in [-0.2, -0.15) is 0 Å². The van der Waals surface area contributed by atoms with E-state index in [0.717, 1.165) is 43.3 Å². The molecular weight excluding hydrogens is 456 g/mol. The Morgan fingerprint density at radius 1 is 0.486 bits per heavy atom. The number of nitrogens with zero attached hydrogens (tertiary/aromatic N) is 4. The first-order chi connectivity index (χ1) is 18.3. The Hall–Kier alpha value is -4.19. The summed E-state index contributed by atoms with van der Waals surface area (Å²) in [6, 6.07) is 37.7. The maximum absolute atomic E-state index is 5.52. The maximum Gasteiger partial charge on any atom is 0.163 e. The molecule has 1 aliphatic heterocycles. The van der Waals surface area contributed by atoms with Gasteiger partial charge < -0.3 is 4.74 Å². The molecule has 1 aromatic heterocycles. The highest BCUT2D eigenvalue weighted by Crippen LogP contribution is 2.27. The number of ether oxygens (including phenoxy) is 1. The van der Waals surface area contributed by atoms with Crippen molar-refractivity contribution in [2.45, 2.75) is 6.54 Å². The minimum absolute atomic E-state index is 0.677. The Bertz CT molecular complexity index is 1350. The van der Waals surface area contributed by atoms with Crippen LogP contribution >= 0.6 is 0 Å². The summed E-state index contributed by atoms with van der Waals surface area (Å²) in [5.74, 6) is 2.17. The van der Waals surface area contributed by atoms with Gasteiger partial charge in [0.15, 0.2) is 11.6 Å². The lowest BCUT2D eigenvalue weighted by Crippen LogP contribution is -2.36. The van der Waals surface area contributed by atoms with Crippen LogP contribution < -0.4 is 0 Å². The Labute approximate surface area is 217 Å². The molecule has 5 heteroatoms. The van der Waals surface area contributed by atoms with E-state index in [2.05, 4.69) is 102 Å². The van der Waals surface area contributed by atoms with Crippen molar-refractivity contribution in [1.82, 2.24) is 19.9 Å². The molecule has 0 unspecified atom stereocenters. The largest absolute Gasteiger partial charge is 0.379 e. The molecule has 0 saturated carbocycles. The number of aromatic nitrogens is 3. The van der Waals surface area contributed by atoms with Gasteiger partial charge in [0.25, 0.3) is 0 Å². The molecule has 0 bridgehead atoms. The Morgan fingerprint density at radius 3 is 1.35 bits per heavy atom. The molecule has 182 valence electrons. The van der Waals surface area contributed by atoms with Crippen molar-refractivity contribution >= 4 is 0 Å². The van der Waals surface area contributed by atoms with Crippen molar-refractivity contribution in [2.75, 3.05) is 26.3 Å². The lowest BCUT2D eigenvalue weighted by atomic mass is 10.0. The number of rotatable bonds is 6. The molecule has 1 saturated heterocycles. The molecule has 37 heavy (non-hydrogen) atoms. The monoisotopic (exact) mass is 484 g/mol. The maximum atomic E-state index is 5.52. The smallest absolute Gasteiger partial charge is 0.163 e. The molecule has 1 aliphatic rings. The topological polar surface area (TPSA) is 51.1 Å². The Balaban J connectivity index is 1.34. The molecule has 0 atom stereocenters. The normalized spacial score (nSPS) is 13.9. The van der Waals surface area contributed by atoms with Crippen LogP contribution in [-0.4, -0.2) is 46.2 Å². The van der Waals surface area contributed by atoms with E-state index < -0.39 is 0 Å². The van der Waals surface area contributed by atoms with Gasteiger partial charge in [0.1, 0.15) is 5.82 Å². The SMILES string of the molecule is c1ccc(-c2ccc(-c3nc(CN4CCOCC4)nc(-c4ccc(-c5ccccc5)cc4)n3)cc2)cc1. The van der Waals surface area contributed by atoms with Crippen LogP contribution in [0.5, 0.6) is 0 Å². The zero-order valence-electron chi connectivity index (χ0n) is 20.6. The van der Waals surface area contributed by atoms with Gasteiger partial charge >= 0.3 is 0 Å². The molecular formula is C32H28N4O. The van der Waals surface area contributed by atoms with E-state index in [9.17, 15) is 0 Å². The molecule has 6 rings (SSSR count). The van der Waals surface area contributed by atoms with Crippen LogP contribution in [0.1, 0.15) is 5.82 Å². The van der Waals surface area contributed by atoms with Gasteiger partial charge in [0, 0.05) is 24.2 Å². The Morgan fingerprint density at radius 2 is 0.892 bits per heavy atom. The second kappa shape index (κ2) is 10.8. The predicted molar refractivity (Wildman–Crippen MR) is 148 cm³/mol. The van der Waals surface area contributed by atoms with Crippen LogP contribution in [0.3, 0.4) is 0 Å². The summed E-state index contributed by atoms with van der Waals surface area (Å²) >= 11 is 0. The van der Waals surface area contributed by atoms with E-state index in [1.54, 1.807) is 0 Å². The number of hydrogen-bond donors (Lipinski definition) is 0. The third kappa shape index (κ3) is 5.48. The number of benzene rings is 4. The first-order valence-corrected chi connectivity index (χ1v) is 12.7. The zero-order valence-corrected chi connectivity index (χ0v) is 20.6. The third-order valence-electron chi connectivity index (χ3n) is 6.65.